The zero-order valence-electron chi connectivity index (χ0n) is 11.0. The minimum Gasteiger partial charge on any atom is -0.381 e. The molecule has 0 spiro atoms. The lowest BCUT2D eigenvalue weighted by atomic mass is 9.86. The van der Waals surface area contributed by atoms with Gasteiger partial charge < -0.3 is 15.0 Å². The smallest absolute Gasteiger partial charge is 0.0547 e. The van der Waals surface area contributed by atoms with Gasteiger partial charge in [-0.25, -0.2) is 0 Å². The zero-order chi connectivity index (χ0) is 11.6. The Balaban J connectivity index is 1.88. The fourth-order valence-electron chi connectivity index (χ4n) is 2.96. The first kappa shape index (κ1) is 12.3. The molecule has 0 aromatic rings. The molecular formula is C13H26N2O. The first-order valence-corrected chi connectivity index (χ1v) is 6.59. The lowest BCUT2D eigenvalue weighted by Gasteiger charge is -2.35. The molecule has 16 heavy (non-hydrogen) atoms. The molecule has 3 heteroatoms. The number of hydrogen-bond donors (Lipinski definition) is 1. The Labute approximate surface area is 99.5 Å². The quantitative estimate of drug-likeness (QED) is 0.740. The third-order valence-corrected chi connectivity index (χ3v) is 4.32. The van der Waals surface area contributed by atoms with E-state index in [0.717, 1.165) is 31.7 Å². The molecule has 0 bridgehead atoms. The van der Waals surface area contributed by atoms with Crippen molar-refractivity contribution in [3.63, 3.8) is 0 Å². The number of nitrogens with one attached hydrogen (secondary N) is 1. The normalized spacial score (nSPS) is 32.2. The zero-order valence-corrected chi connectivity index (χ0v) is 11.0. The Morgan fingerprint density at radius 1 is 1.50 bits per heavy atom. The van der Waals surface area contributed by atoms with Crippen LogP contribution in [-0.4, -0.2) is 51.3 Å². The highest BCUT2D eigenvalue weighted by Gasteiger charge is 2.38. The predicted molar refractivity (Wildman–Crippen MR) is 66.6 cm³/mol. The maximum Gasteiger partial charge on any atom is 0.0547 e. The SMILES string of the molecule is CNCC1(CN(C)C(C)C2CC2)CCOC1. The van der Waals surface area contributed by atoms with Crippen molar-refractivity contribution < 1.29 is 4.74 Å². The van der Waals surface area contributed by atoms with E-state index >= 15 is 0 Å². The van der Waals surface area contributed by atoms with Crippen LogP contribution in [0.4, 0.5) is 0 Å². The first-order chi connectivity index (χ1) is 7.67. The molecule has 1 heterocycles. The van der Waals surface area contributed by atoms with Crippen molar-refractivity contribution >= 4 is 0 Å². The topological polar surface area (TPSA) is 24.5 Å². The molecule has 1 saturated heterocycles. The summed E-state index contributed by atoms with van der Waals surface area (Å²) in [4.78, 5) is 2.55. The van der Waals surface area contributed by atoms with E-state index < -0.39 is 0 Å². The van der Waals surface area contributed by atoms with Crippen molar-refractivity contribution in [3.05, 3.63) is 0 Å². The van der Waals surface area contributed by atoms with E-state index in [4.69, 9.17) is 4.74 Å². The van der Waals surface area contributed by atoms with Crippen LogP contribution in [0.25, 0.3) is 0 Å². The van der Waals surface area contributed by atoms with Gasteiger partial charge in [0.05, 0.1) is 6.61 Å². The first-order valence-electron chi connectivity index (χ1n) is 6.59. The summed E-state index contributed by atoms with van der Waals surface area (Å²) >= 11 is 0. The molecule has 1 saturated carbocycles. The molecule has 0 radical (unpaired) electrons. The fourth-order valence-corrected chi connectivity index (χ4v) is 2.96. The molecule has 2 atom stereocenters. The van der Waals surface area contributed by atoms with Crippen molar-refractivity contribution in [1.82, 2.24) is 10.2 Å². The van der Waals surface area contributed by atoms with Crippen LogP contribution in [0.3, 0.4) is 0 Å². The molecule has 2 aliphatic rings. The summed E-state index contributed by atoms with van der Waals surface area (Å²) in [7, 11) is 4.32. The van der Waals surface area contributed by atoms with Gasteiger partial charge in [0.15, 0.2) is 0 Å². The highest BCUT2D eigenvalue weighted by molar-refractivity contribution is 4.91. The largest absolute Gasteiger partial charge is 0.381 e. The average Bonchev–Trinajstić information content (AvgIpc) is 3.01. The number of rotatable bonds is 6. The van der Waals surface area contributed by atoms with E-state index in [-0.39, 0.29) is 0 Å². The number of ether oxygens (including phenoxy) is 1. The molecule has 2 rings (SSSR count). The maximum atomic E-state index is 5.60. The molecule has 3 nitrogen and oxygen atoms in total. The Morgan fingerprint density at radius 2 is 2.25 bits per heavy atom. The average molecular weight is 226 g/mol. The summed E-state index contributed by atoms with van der Waals surface area (Å²) in [6, 6.07) is 0.745. The lowest BCUT2D eigenvalue weighted by molar-refractivity contribution is 0.100. The molecular weight excluding hydrogens is 200 g/mol. The minimum atomic E-state index is 0.354. The third-order valence-electron chi connectivity index (χ3n) is 4.32. The van der Waals surface area contributed by atoms with Gasteiger partial charge in [0.2, 0.25) is 0 Å². The number of hydrogen-bond acceptors (Lipinski definition) is 3. The van der Waals surface area contributed by atoms with Crippen molar-refractivity contribution in [1.29, 1.82) is 0 Å². The second kappa shape index (κ2) is 5.03. The van der Waals surface area contributed by atoms with Gasteiger partial charge in [0, 0.05) is 31.2 Å². The van der Waals surface area contributed by atoms with Gasteiger partial charge in [0.25, 0.3) is 0 Å². The Kier molecular flexibility index (Phi) is 3.88. The Bertz CT molecular complexity index is 222. The summed E-state index contributed by atoms with van der Waals surface area (Å²) in [6.07, 6.45) is 4.07. The van der Waals surface area contributed by atoms with E-state index in [9.17, 15) is 0 Å². The number of nitrogens with zero attached hydrogens (tertiary/aromatic N) is 1. The van der Waals surface area contributed by atoms with Gasteiger partial charge in [-0.3, -0.25) is 0 Å². The van der Waals surface area contributed by atoms with E-state index in [1.807, 2.05) is 7.05 Å². The van der Waals surface area contributed by atoms with Crippen LogP contribution in [0.1, 0.15) is 26.2 Å². The minimum absolute atomic E-state index is 0.354. The van der Waals surface area contributed by atoms with Crippen molar-refractivity contribution in [2.24, 2.45) is 11.3 Å². The molecule has 1 N–H and O–H groups in total. The monoisotopic (exact) mass is 226 g/mol. The Morgan fingerprint density at radius 3 is 2.75 bits per heavy atom. The van der Waals surface area contributed by atoms with Crippen molar-refractivity contribution in [3.8, 4) is 0 Å². The van der Waals surface area contributed by atoms with Crippen LogP contribution < -0.4 is 5.32 Å². The second-order valence-electron chi connectivity index (χ2n) is 5.83. The van der Waals surface area contributed by atoms with Gasteiger partial charge >= 0.3 is 0 Å². The van der Waals surface area contributed by atoms with Gasteiger partial charge in [-0.2, -0.15) is 0 Å². The van der Waals surface area contributed by atoms with Crippen LogP contribution in [0, 0.1) is 11.3 Å². The summed E-state index contributed by atoms with van der Waals surface area (Å²) in [5.41, 5.74) is 0.354. The molecule has 0 aromatic heterocycles. The maximum absolute atomic E-state index is 5.60. The van der Waals surface area contributed by atoms with Crippen molar-refractivity contribution in [2.45, 2.75) is 32.2 Å². The summed E-state index contributed by atoms with van der Waals surface area (Å²) < 4.78 is 5.60. The van der Waals surface area contributed by atoms with Gasteiger partial charge in [0.1, 0.15) is 0 Å². The van der Waals surface area contributed by atoms with E-state index in [0.29, 0.717) is 5.41 Å². The molecule has 1 aliphatic carbocycles. The predicted octanol–water partition coefficient (Wildman–Crippen LogP) is 1.34. The summed E-state index contributed by atoms with van der Waals surface area (Å²) in [5.74, 6) is 0.957. The van der Waals surface area contributed by atoms with E-state index in [1.54, 1.807) is 0 Å². The fraction of sp³-hybridized carbons (Fsp3) is 1.00. The van der Waals surface area contributed by atoms with Gasteiger partial charge in [-0.15, -0.1) is 0 Å². The van der Waals surface area contributed by atoms with E-state index in [1.165, 1.54) is 25.8 Å². The molecule has 0 aromatic carbocycles. The van der Waals surface area contributed by atoms with Crippen LogP contribution in [-0.2, 0) is 4.74 Å². The molecule has 2 unspecified atom stereocenters. The third kappa shape index (κ3) is 2.76. The van der Waals surface area contributed by atoms with Crippen molar-refractivity contribution in [2.75, 3.05) is 40.4 Å². The molecule has 94 valence electrons. The van der Waals surface area contributed by atoms with Crippen LogP contribution in [0.15, 0.2) is 0 Å². The van der Waals surface area contributed by atoms with Gasteiger partial charge in [-0.05, 0) is 46.2 Å². The molecule has 0 amide bonds. The summed E-state index contributed by atoms with van der Waals surface area (Å²) in [5, 5.41) is 3.33. The van der Waals surface area contributed by atoms with E-state index in [2.05, 4.69) is 24.2 Å². The Hall–Kier alpha value is -0.120. The highest BCUT2D eigenvalue weighted by Crippen LogP contribution is 2.36. The highest BCUT2D eigenvalue weighted by atomic mass is 16.5. The van der Waals surface area contributed by atoms with Crippen LogP contribution >= 0.6 is 0 Å². The van der Waals surface area contributed by atoms with Crippen LogP contribution in [0.2, 0.25) is 0 Å². The molecule has 1 aliphatic heterocycles. The van der Waals surface area contributed by atoms with Gasteiger partial charge in [-0.1, -0.05) is 0 Å². The molecule has 2 fully saturated rings. The van der Waals surface area contributed by atoms with Crippen LogP contribution in [0.5, 0.6) is 0 Å². The standard InChI is InChI=1S/C13H26N2O/c1-11(12-4-5-12)15(3)9-13(8-14-2)6-7-16-10-13/h11-12,14H,4-10H2,1-3H3. The lowest BCUT2D eigenvalue weighted by Crippen LogP contribution is -2.45. The second-order valence-corrected chi connectivity index (χ2v) is 5.83. The summed E-state index contributed by atoms with van der Waals surface area (Å²) in [6.45, 7) is 6.49.